The van der Waals surface area contributed by atoms with Crippen LogP contribution >= 0.6 is 0 Å². The monoisotopic (exact) mass is 472 g/mol. The van der Waals surface area contributed by atoms with Gasteiger partial charge >= 0.3 is 0 Å². The van der Waals surface area contributed by atoms with Crippen LogP contribution in [-0.4, -0.2) is 4.57 Å². The van der Waals surface area contributed by atoms with Crippen molar-refractivity contribution in [3.8, 4) is 33.9 Å². The molecule has 0 unspecified atom stereocenters. The molecule has 5 rings (SSSR count). The first-order valence-corrected chi connectivity index (χ1v) is 11.7. The van der Waals surface area contributed by atoms with Gasteiger partial charge in [-0.3, -0.25) is 0 Å². The van der Waals surface area contributed by atoms with Crippen LogP contribution in [0, 0.1) is 10.2 Å². The van der Waals surface area contributed by atoms with Gasteiger partial charge in [0.1, 0.15) is 11.4 Å². The number of para-hydroxylation sites is 2. The van der Waals surface area contributed by atoms with Gasteiger partial charge in [0, 0.05) is 11.1 Å². The molecule has 5 aromatic rings. The SMILES string of the molecule is [O-][Cl+3]([O-])([O-])[O-].c1ccc(-c2c(-c3ccccc3)[n+](-c3ccccc3)cn2-c2ccccc2)cc1. The third kappa shape index (κ3) is 5.77. The minimum absolute atomic E-state index is 1.14. The maximum absolute atomic E-state index is 8.49. The molecule has 0 spiro atoms. The summed E-state index contributed by atoms with van der Waals surface area (Å²) in [6.45, 7) is 0. The largest absolute Gasteiger partial charge is 0.255 e. The number of benzene rings is 4. The van der Waals surface area contributed by atoms with Crippen LogP contribution in [0.25, 0.3) is 33.9 Å². The van der Waals surface area contributed by atoms with Crippen LogP contribution in [0.15, 0.2) is 128 Å². The maximum Gasteiger partial charge on any atom is 0.255 e. The van der Waals surface area contributed by atoms with E-state index in [1.54, 1.807) is 0 Å². The minimum atomic E-state index is -4.94. The van der Waals surface area contributed by atoms with E-state index in [0.29, 0.717) is 0 Å². The molecule has 34 heavy (non-hydrogen) atoms. The predicted molar refractivity (Wildman–Crippen MR) is 118 cm³/mol. The molecule has 0 atom stereocenters. The van der Waals surface area contributed by atoms with Crippen LogP contribution in [0.2, 0.25) is 0 Å². The van der Waals surface area contributed by atoms with Gasteiger partial charge in [0.25, 0.3) is 6.33 Å². The van der Waals surface area contributed by atoms with Crippen molar-refractivity contribution >= 4 is 0 Å². The van der Waals surface area contributed by atoms with Crippen molar-refractivity contribution in [1.29, 1.82) is 0 Å². The topological polar surface area (TPSA) is 101 Å². The van der Waals surface area contributed by atoms with Gasteiger partial charge < -0.3 is 0 Å². The summed E-state index contributed by atoms with van der Waals surface area (Å²) in [5, 5.41) is 0. The third-order valence-electron chi connectivity index (χ3n) is 5.10. The zero-order chi connectivity index (χ0) is 24.0. The lowest BCUT2D eigenvalue weighted by atomic mass is 10.0. The summed E-state index contributed by atoms with van der Waals surface area (Å²) in [5.41, 5.74) is 6.99. The average molecular weight is 473 g/mol. The number of nitrogens with zero attached hydrogens (tertiary/aromatic N) is 2. The zero-order valence-electron chi connectivity index (χ0n) is 18.0. The smallest absolute Gasteiger partial charge is 0.222 e. The normalized spacial score (nSPS) is 10.9. The molecule has 1 heterocycles. The Morgan fingerprint density at radius 2 is 0.941 bits per heavy atom. The zero-order valence-corrected chi connectivity index (χ0v) is 18.8. The molecule has 7 heteroatoms. The molecule has 0 aliphatic rings. The van der Waals surface area contributed by atoms with E-state index in [4.69, 9.17) is 18.6 Å². The summed E-state index contributed by atoms with van der Waals surface area (Å²) in [6.07, 6.45) is 2.19. The Hall–Kier alpha value is -3.78. The quantitative estimate of drug-likeness (QED) is 0.368. The molecule has 0 bridgehead atoms. The Morgan fingerprint density at radius 1 is 0.529 bits per heavy atom. The van der Waals surface area contributed by atoms with Gasteiger partial charge in [0.05, 0.1) is 0 Å². The lowest BCUT2D eigenvalue weighted by Gasteiger charge is -2.17. The van der Waals surface area contributed by atoms with E-state index in [1.165, 1.54) is 22.5 Å². The Kier molecular flexibility index (Phi) is 7.18. The van der Waals surface area contributed by atoms with Crippen LogP contribution in [0.3, 0.4) is 0 Å². The van der Waals surface area contributed by atoms with Crippen LogP contribution in [-0.2, 0) is 0 Å². The Labute approximate surface area is 199 Å². The van der Waals surface area contributed by atoms with E-state index in [1.807, 2.05) is 0 Å². The van der Waals surface area contributed by atoms with Gasteiger partial charge in [-0.05, 0) is 24.3 Å². The van der Waals surface area contributed by atoms with E-state index < -0.39 is 10.2 Å². The van der Waals surface area contributed by atoms with Crippen LogP contribution in [0.5, 0.6) is 0 Å². The highest BCUT2D eigenvalue weighted by Crippen LogP contribution is 2.33. The van der Waals surface area contributed by atoms with E-state index >= 15 is 0 Å². The summed E-state index contributed by atoms with van der Waals surface area (Å²) >= 11 is 0. The van der Waals surface area contributed by atoms with E-state index in [9.17, 15) is 0 Å². The lowest BCUT2D eigenvalue weighted by Crippen LogP contribution is -2.68. The van der Waals surface area contributed by atoms with E-state index in [-0.39, 0.29) is 0 Å². The molecule has 6 nitrogen and oxygen atoms in total. The predicted octanol–water partition coefficient (Wildman–Crippen LogP) is 1.33. The molecular weight excluding hydrogens is 452 g/mol. The van der Waals surface area contributed by atoms with Gasteiger partial charge in [-0.2, -0.15) is 9.13 Å². The number of rotatable bonds is 4. The average Bonchev–Trinajstić information content (AvgIpc) is 3.26. The molecule has 4 aromatic carbocycles. The molecule has 170 valence electrons. The Bertz CT molecular complexity index is 1220. The molecule has 0 amide bonds. The molecule has 0 N–H and O–H groups in total. The van der Waals surface area contributed by atoms with Gasteiger partial charge in [-0.1, -0.05) is 97.1 Å². The highest BCUT2D eigenvalue weighted by molar-refractivity contribution is 5.78. The summed E-state index contributed by atoms with van der Waals surface area (Å²) < 4.78 is 38.5. The number of hydrogen-bond acceptors (Lipinski definition) is 4. The van der Waals surface area contributed by atoms with Crippen molar-refractivity contribution in [2.45, 2.75) is 0 Å². The van der Waals surface area contributed by atoms with Crippen molar-refractivity contribution < 1.29 is 33.4 Å². The fourth-order valence-electron chi connectivity index (χ4n) is 3.77. The number of halogens is 1. The fourth-order valence-corrected chi connectivity index (χ4v) is 3.77. The van der Waals surface area contributed by atoms with E-state index in [0.717, 1.165) is 11.4 Å². The molecule has 0 aliphatic carbocycles. The highest BCUT2D eigenvalue weighted by Gasteiger charge is 2.28. The van der Waals surface area contributed by atoms with Gasteiger partial charge in [-0.15, -0.1) is 10.2 Å². The van der Waals surface area contributed by atoms with Crippen molar-refractivity contribution in [3.05, 3.63) is 128 Å². The number of hydrogen-bond donors (Lipinski definition) is 0. The second-order valence-electron chi connectivity index (χ2n) is 7.33. The van der Waals surface area contributed by atoms with Gasteiger partial charge in [0.2, 0.25) is 0 Å². The van der Waals surface area contributed by atoms with Crippen LogP contribution < -0.4 is 23.2 Å². The summed E-state index contributed by atoms with van der Waals surface area (Å²) in [6, 6.07) is 42.3. The number of aromatic nitrogens is 2. The molecule has 0 saturated carbocycles. The first kappa shape index (κ1) is 23.4. The van der Waals surface area contributed by atoms with Crippen LogP contribution in [0.4, 0.5) is 0 Å². The molecule has 0 radical (unpaired) electrons. The summed E-state index contributed by atoms with van der Waals surface area (Å²) in [4.78, 5) is 0. The van der Waals surface area contributed by atoms with Crippen molar-refractivity contribution in [2.24, 2.45) is 0 Å². The van der Waals surface area contributed by atoms with Gasteiger partial charge in [0.15, 0.2) is 11.4 Å². The molecule has 0 saturated heterocycles. The standard InChI is InChI=1S/C27H21N2.ClHO4/c1-5-13-22(14-6-1)26-27(23-15-7-2-8-16-23)29(25-19-11-4-12-20-25)21-28(26)24-17-9-3-10-18-24;2-1(3,4)5/h1-21H;(H,2,3,4,5)/q+1;/p-1. The summed E-state index contributed by atoms with van der Waals surface area (Å²) in [5.74, 6) is 0. The third-order valence-corrected chi connectivity index (χ3v) is 5.10. The second kappa shape index (κ2) is 10.4. The first-order valence-electron chi connectivity index (χ1n) is 10.4. The van der Waals surface area contributed by atoms with Crippen molar-refractivity contribution in [1.82, 2.24) is 4.57 Å². The second-order valence-corrected chi connectivity index (χ2v) is 8.09. The summed E-state index contributed by atoms with van der Waals surface area (Å²) in [7, 11) is -4.94. The Morgan fingerprint density at radius 3 is 1.44 bits per heavy atom. The highest BCUT2D eigenvalue weighted by atomic mass is 35.7. The molecule has 0 fully saturated rings. The first-order chi connectivity index (χ1) is 16.4. The maximum atomic E-state index is 8.49. The molecule has 1 aromatic heterocycles. The minimum Gasteiger partial charge on any atom is -0.222 e. The van der Waals surface area contributed by atoms with E-state index in [2.05, 4.69) is 137 Å². The van der Waals surface area contributed by atoms with Crippen molar-refractivity contribution in [2.75, 3.05) is 0 Å². The lowest BCUT2D eigenvalue weighted by molar-refractivity contribution is -2.00. The van der Waals surface area contributed by atoms with Gasteiger partial charge in [-0.25, -0.2) is 18.6 Å². The fraction of sp³-hybridized carbons (Fsp3) is 0. The number of imidazole rings is 1. The molecule has 0 aliphatic heterocycles. The Balaban J connectivity index is 0.000000499. The van der Waals surface area contributed by atoms with Crippen molar-refractivity contribution in [3.63, 3.8) is 0 Å². The molecular formula is C27H21ClN2O4. The van der Waals surface area contributed by atoms with Crippen LogP contribution in [0.1, 0.15) is 0 Å².